The standard InChI is InChI=1S/C15H18BrN3OS/c1-8-6-10(16)7-9(2)11(8)17-14(20)12-13(15(3,4)5)18-19-21-12/h6-7H,1-5H3,(H,17,20). The van der Waals surface area contributed by atoms with E-state index in [0.29, 0.717) is 4.88 Å². The van der Waals surface area contributed by atoms with Crippen LogP contribution in [0.5, 0.6) is 0 Å². The summed E-state index contributed by atoms with van der Waals surface area (Å²) >= 11 is 4.60. The first-order chi connectivity index (χ1) is 9.70. The summed E-state index contributed by atoms with van der Waals surface area (Å²) in [7, 11) is 0. The number of amides is 1. The van der Waals surface area contributed by atoms with Crippen LogP contribution in [0.25, 0.3) is 0 Å². The summed E-state index contributed by atoms with van der Waals surface area (Å²) in [6, 6.07) is 3.97. The van der Waals surface area contributed by atoms with E-state index in [-0.39, 0.29) is 11.3 Å². The zero-order valence-corrected chi connectivity index (χ0v) is 15.1. The summed E-state index contributed by atoms with van der Waals surface area (Å²) in [6.07, 6.45) is 0. The minimum Gasteiger partial charge on any atom is -0.321 e. The lowest BCUT2D eigenvalue weighted by Gasteiger charge is -2.17. The molecule has 0 radical (unpaired) electrons. The summed E-state index contributed by atoms with van der Waals surface area (Å²) in [5.41, 5.74) is 3.41. The van der Waals surface area contributed by atoms with Gasteiger partial charge in [-0.3, -0.25) is 4.79 Å². The molecule has 0 aliphatic rings. The van der Waals surface area contributed by atoms with Gasteiger partial charge in [0.2, 0.25) is 0 Å². The molecular formula is C15H18BrN3OS. The largest absolute Gasteiger partial charge is 0.321 e. The number of anilines is 1. The lowest BCUT2D eigenvalue weighted by atomic mass is 9.91. The molecule has 0 bridgehead atoms. The Labute approximate surface area is 137 Å². The van der Waals surface area contributed by atoms with Gasteiger partial charge in [-0.25, -0.2) is 0 Å². The van der Waals surface area contributed by atoms with E-state index in [1.54, 1.807) is 0 Å². The Kier molecular flexibility index (Phi) is 4.49. The number of carbonyl (C=O) groups excluding carboxylic acids is 1. The Morgan fingerprint density at radius 3 is 2.33 bits per heavy atom. The lowest BCUT2D eigenvalue weighted by Crippen LogP contribution is -2.20. The van der Waals surface area contributed by atoms with Crippen molar-refractivity contribution in [1.29, 1.82) is 0 Å². The average Bonchev–Trinajstić information content (AvgIpc) is 2.82. The minimum atomic E-state index is -0.205. The fourth-order valence-corrected chi connectivity index (χ4v) is 3.57. The molecular weight excluding hydrogens is 350 g/mol. The van der Waals surface area contributed by atoms with Crippen molar-refractivity contribution in [3.63, 3.8) is 0 Å². The maximum Gasteiger partial charge on any atom is 0.269 e. The molecule has 1 amide bonds. The van der Waals surface area contributed by atoms with Crippen LogP contribution in [0.2, 0.25) is 0 Å². The van der Waals surface area contributed by atoms with E-state index in [1.165, 1.54) is 0 Å². The number of carbonyl (C=O) groups is 1. The Balaban J connectivity index is 2.34. The van der Waals surface area contributed by atoms with Crippen molar-refractivity contribution in [1.82, 2.24) is 9.59 Å². The van der Waals surface area contributed by atoms with Crippen LogP contribution in [0, 0.1) is 13.8 Å². The van der Waals surface area contributed by atoms with Gasteiger partial charge in [0.25, 0.3) is 5.91 Å². The van der Waals surface area contributed by atoms with Crippen LogP contribution in [-0.4, -0.2) is 15.5 Å². The lowest BCUT2D eigenvalue weighted by molar-refractivity contribution is 0.102. The molecule has 0 aliphatic carbocycles. The molecule has 1 heterocycles. The van der Waals surface area contributed by atoms with Crippen molar-refractivity contribution in [3.8, 4) is 0 Å². The third kappa shape index (κ3) is 3.49. The van der Waals surface area contributed by atoms with Gasteiger partial charge in [-0.1, -0.05) is 41.2 Å². The minimum absolute atomic E-state index is 0.150. The van der Waals surface area contributed by atoms with Gasteiger partial charge in [-0.2, -0.15) is 0 Å². The van der Waals surface area contributed by atoms with E-state index in [4.69, 9.17) is 0 Å². The highest BCUT2D eigenvalue weighted by molar-refractivity contribution is 9.10. The molecule has 112 valence electrons. The fraction of sp³-hybridized carbons (Fsp3) is 0.400. The molecule has 2 rings (SSSR count). The molecule has 0 aliphatic heterocycles. The molecule has 2 aromatic rings. The molecule has 0 saturated carbocycles. The van der Waals surface area contributed by atoms with Crippen molar-refractivity contribution in [2.24, 2.45) is 0 Å². The predicted molar refractivity (Wildman–Crippen MR) is 90.2 cm³/mol. The normalized spacial score (nSPS) is 11.5. The van der Waals surface area contributed by atoms with E-state index in [1.807, 2.05) is 46.8 Å². The summed E-state index contributed by atoms with van der Waals surface area (Å²) < 4.78 is 4.94. The smallest absolute Gasteiger partial charge is 0.269 e. The van der Waals surface area contributed by atoms with E-state index in [9.17, 15) is 4.79 Å². The van der Waals surface area contributed by atoms with E-state index < -0.39 is 0 Å². The zero-order chi connectivity index (χ0) is 15.8. The molecule has 0 unspecified atom stereocenters. The van der Waals surface area contributed by atoms with Crippen molar-refractivity contribution in [2.75, 3.05) is 5.32 Å². The Bertz CT molecular complexity index is 665. The van der Waals surface area contributed by atoms with E-state index >= 15 is 0 Å². The maximum atomic E-state index is 12.5. The van der Waals surface area contributed by atoms with Gasteiger partial charge in [0.1, 0.15) is 4.88 Å². The molecule has 0 saturated heterocycles. The highest BCUT2D eigenvalue weighted by atomic mass is 79.9. The topological polar surface area (TPSA) is 54.9 Å². The predicted octanol–water partition coefficient (Wildman–Crippen LogP) is 4.47. The number of rotatable bonds is 2. The van der Waals surface area contributed by atoms with Gasteiger partial charge in [-0.05, 0) is 48.6 Å². The Morgan fingerprint density at radius 2 is 1.81 bits per heavy atom. The SMILES string of the molecule is Cc1cc(Br)cc(C)c1NC(=O)c1snnc1C(C)(C)C. The maximum absolute atomic E-state index is 12.5. The number of hydrogen-bond acceptors (Lipinski definition) is 4. The van der Waals surface area contributed by atoms with Gasteiger partial charge in [-0.15, -0.1) is 5.10 Å². The molecule has 21 heavy (non-hydrogen) atoms. The van der Waals surface area contributed by atoms with Crippen molar-refractivity contribution < 1.29 is 4.79 Å². The van der Waals surface area contributed by atoms with E-state index in [2.05, 4.69) is 30.8 Å². The van der Waals surface area contributed by atoms with Crippen LogP contribution in [0.1, 0.15) is 47.3 Å². The van der Waals surface area contributed by atoms with E-state index in [0.717, 1.165) is 38.5 Å². The molecule has 1 N–H and O–H groups in total. The summed E-state index contributed by atoms with van der Waals surface area (Å²) in [5, 5.41) is 7.10. The van der Waals surface area contributed by atoms with Crippen LogP contribution in [0.3, 0.4) is 0 Å². The Hall–Kier alpha value is -1.27. The third-order valence-electron chi connectivity index (χ3n) is 3.14. The van der Waals surface area contributed by atoms with Crippen LogP contribution in [0.4, 0.5) is 5.69 Å². The number of aromatic nitrogens is 2. The average molecular weight is 368 g/mol. The van der Waals surface area contributed by atoms with Gasteiger partial charge in [0, 0.05) is 15.6 Å². The number of nitrogens with zero attached hydrogens (tertiary/aromatic N) is 2. The third-order valence-corrected chi connectivity index (χ3v) is 4.32. The first kappa shape index (κ1) is 16.1. The number of hydrogen-bond donors (Lipinski definition) is 1. The highest BCUT2D eigenvalue weighted by Crippen LogP contribution is 2.29. The van der Waals surface area contributed by atoms with Crippen LogP contribution < -0.4 is 5.32 Å². The molecule has 1 aromatic heterocycles. The van der Waals surface area contributed by atoms with Crippen molar-refractivity contribution in [2.45, 2.75) is 40.0 Å². The summed E-state index contributed by atoms with van der Waals surface area (Å²) in [6.45, 7) is 10.0. The van der Waals surface area contributed by atoms with Crippen LogP contribution in [-0.2, 0) is 5.41 Å². The monoisotopic (exact) mass is 367 g/mol. The second-order valence-corrected chi connectivity index (χ2v) is 7.74. The van der Waals surface area contributed by atoms with Crippen LogP contribution >= 0.6 is 27.5 Å². The number of nitrogens with one attached hydrogen (secondary N) is 1. The summed E-state index contributed by atoms with van der Waals surface area (Å²) in [5.74, 6) is -0.150. The van der Waals surface area contributed by atoms with Gasteiger partial charge in [0.05, 0.1) is 5.69 Å². The van der Waals surface area contributed by atoms with Gasteiger partial charge >= 0.3 is 0 Å². The molecule has 0 spiro atoms. The number of benzene rings is 1. The fourth-order valence-electron chi connectivity index (χ4n) is 2.11. The highest BCUT2D eigenvalue weighted by Gasteiger charge is 2.26. The first-order valence-electron chi connectivity index (χ1n) is 6.61. The zero-order valence-electron chi connectivity index (χ0n) is 12.7. The second-order valence-electron chi connectivity index (χ2n) is 6.07. The Morgan fingerprint density at radius 1 is 1.24 bits per heavy atom. The molecule has 0 fully saturated rings. The molecule has 1 aromatic carbocycles. The quantitative estimate of drug-likeness (QED) is 0.851. The van der Waals surface area contributed by atoms with Crippen molar-refractivity contribution >= 4 is 39.1 Å². The van der Waals surface area contributed by atoms with Gasteiger partial charge < -0.3 is 5.32 Å². The first-order valence-corrected chi connectivity index (χ1v) is 8.17. The van der Waals surface area contributed by atoms with Crippen molar-refractivity contribution in [3.05, 3.63) is 38.3 Å². The molecule has 6 heteroatoms. The molecule has 4 nitrogen and oxygen atoms in total. The summed E-state index contributed by atoms with van der Waals surface area (Å²) in [4.78, 5) is 13.1. The second kappa shape index (κ2) is 5.85. The number of halogens is 1. The number of aryl methyl sites for hydroxylation is 2. The van der Waals surface area contributed by atoms with Gasteiger partial charge in [0.15, 0.2) is 0 Å². The van der Waals surface area contributed by atoms with Crippen LogP contribution in [0.15, 0.2) is 16.6 Å². The molecule has 0 atom stereocenters.